The molecule has 0 bridgehead atoms. The van der Waals surface area contributed by atoms with E-state index in [0.29, 0.717) is 18.9 Å². The Balaban J connectivity index is 1.75. The van der Waals surface area contributed by atoms with Crippen molar-refractivity contribution in [1.82, 2.24) is 5.32 Å². The van der Waals surface area contributed by atoms with Crippen LogP contribution in [0.1, 0.15) is 43.7 Å². The zero-order valence-electron chi connectivity index (χ0n) is 11.4. The average Bonchev–Trinajstić information content (AvgIpc) is 3.13. The maximum Gasteiger partial charge on any atom is 0.150 e. The van der Waals surface area contributed by atoms with Crippen LogP contribution >= 0.6 is 0 Å². The number of Topliss-reactive ketones (excluding diaryl/α,β-unsaturated/α-hetero) is 1. The summed E-state index contributed by atoms with van der Waals surface area (Å²) in [5, 5.41) is 3.25. The summed E-state index contributed by atoms with van der Waals surface area (Å²) in [6.45, 7) is 5.89. The van der Waals surface area contributed by atoms with Gasteiger partial charge in [0.25, 0.3) is 0 Å². The van der Waals surface area contributed by atoms with Gasteiger partial charge in [-0.15, -0.1) is 0 Å². The van der Waals surface area contributed by atoms with E-state index in [2.05, 4.69) is 43.4 Å². The Morgan fingerprint density at radius 2 is 1.94 bits per heavy atom. The topological polar surface area (TPSA) is 29.1 Å². The van der Waals surface area contributed by atoms with Gasteiger partial charge in [0.15, 0.2) is 5.78 Å². The van der Waals surface area contributed by atoms with E-state index in [0.717, 1.165) is 18.0 Å². The van der Waals surface area contributed by atoms with Gasteiger partial charge >= 0.3 is 0 Å². The van der Waals surface area contributed by atoms with Crippen LogP contribution < -0.4 is 5.32 Å². The van der Waals surface area contributed by atoms with Crippen LogP contribution in [0.5, 0.6) is 0 Å². The Morgan fingerprint density at radius 1 is 1.28 bits per heavy atom. The van der Waals surface area contributed by atoms with Crippen molar-refractivity contribution < 1.29 is 4.79 Å². The number of carbonyl (C=O) groups excluding carboxylic acids is 1. The number of benzene rings is 1. The molecule has 1 saturated carbocycles. The molecule has 0 spiro atoms. The summed E-state index contributed by atoms with van der Waals surface area (Å²) in [6.07, 6.45) is 3.21. The third-order valence-corrected chi connectivity index (χ3v) is 3.50. The van der Waals surface area contributed by atoms with Crippen molar-refractivity contribution >= 4 is 5.78 Å². The van der Waals surface area contributed by atoms with Crippen molar-refractivity contribution in [3.8, 4) is 0 Å². The van der Waals surface area contributed by atoms with Crippen molar-refractivity contribution in [3.63, 3.8) is 0 Å². The second-order valence-electron chi connectivity index (χ2n) is 5.69. The molecule has 0 saturated heterocycles. The van der Waals surface area contributed by atoms with Gasteiger partial charge in [0.2, 0.25) is 0 Å². The molecular formula is C16H23NO. The lowest BCUT2D eigenvalue weighted by molar-refractivity contribution is -0.117. The van der Waals surface area contributed by atoms with Gasteiger partial charge in [0, 0.05) is 6.42 Å². The quantitative estimate of drug-likeness (QED) is 0.800. The van der Waals surface area contributed by atoms with Gasteiger partial charge in [-0.3, -0.25) is 4.79 Å². The number of hydrogen-bond acceptors (Lipinski definition) is 2. The molecule has 1 aliphatic carbocycles. The number of ketones is 1. The van der Waals surface area contributed by atoms with Gasteiger partial charge in [-0.2, -0.15) is 0 Å². The second-order valence-corrected chi connectivity index (χ2v) is 5.69. The van der Waals surface area contributed by atoms with E-state index >= 15 is 0 Å². The summed E-state index contributed by atoms with van der Waals surface area (Å²) >= 11 is 0. The molecule has 0 aromatic heterocycles. The highest BCUT2D eigenvalue weighted by molar-refractivity contribution is 5.82. The van der Waals surface area contributed by atoms with E-state index in [-0.39, 0.29) is 5.78 Å². The molecule has 18 heavy (non-hydrogen) atoms. The first kappa shape index (κ1) is 13.3. The predicted molar refractivity (Wildman–Crippen MR) is 74.8 cm³/mol. The Hall–Kier alpha value is -1.15. The van der Waals surface area contributed by atoms with Crippen LogP contribution in [0.3, 0.4) is 0 Å². The van der Waals surface area contributed by atoms with Crippen LogP contribution in [0.25, 0.3) is 0 Å². The summed E-state index contributed by atoms with van der Waals surface area (Å²) in [7, 11) is 0. The first-order valence-corrected chi connectivity index (χ1v) is 6.96. The molecule has 1 aromatic carbocycles. The molecule has 1 fully saturated rings. The molecular weight excluding hydrogens is 222 g/mol. The van der Waals surface area contributed by atoms with Crippen molar-refractivity contribution in [2.45, 2.75) is 39.0 Å². The zero-order chi connectivity index (χ0) is 13.0. The number of rotatable bonds is 7. The van der Waals surface area contributed by atoms with Gasteiger partial charge < -0.3 is 5.32 Å². The predicted octanol–water partition coefficient (Wildman–Crippen LogP) is 2.92. The molecule has 0 atom stereocenters. The normalized spacial score (nSPS) is 15.1. The van der Waals surface area contributed by atoms with Crippen molar-refractivity contribution in [2.24, 2.45) is 5.92 Å². The summed E-state index contributed by atoms with van der Waals surface area (Å²) < 4.78 is 0. The van der Waals surface area contributed by atoms with Crippen molar-refractivity contribution in [3.05, 3.63) is 35.4 Å². The highest BCUT2D eigenvalue weighted by atomic mass is 16.1. The molecule has 2 nitrogen and oxygen atoms in total. The Bertz CT molecular complexity index is 390. The molecule has 0 amide bonds. The van der Waals surface area contributed by atoms with E-state index < -0.39 is 0 Å². The van der Waals surface area contributed by atoms with Crippen molar-refractivity contribution in [2.75, 3.05) is 13.1 Å². The van der Waals surface area contributed by atoms with Gasteiger partial charge in [-0.25, -0.2) is 0 Å². The third-order valence-electron chi connectivity index (χ3n) is 3.50. The second kappa shape index (κ2) is 6.14. The molecule has 1 aromatic rings. The van der Waals surface area contributed by atoms with E-state index in [1.54, 1.807) is 0 Å². The largest absolute Gasteiger partial charge is 0.310 e. The van der Waals surface area contributed by atoms with Gasteiger partial charge in [-0.1, -0.05) is 38.1 Å². The van der Waals surface area contributed by atoms with Crippen molar-refractivity contribution in [1.29, 1.82) is 0 Å². The van der Waals surface area contributed by atoms with E-state index in [1.165, 1.54) is 18.4 Å². The smallest absolute Gasteiger partial charge is 0.150 e. The van der Waals surface area contributed by atoms with Crippen LogP contribution in [0.4, 0.5) is 0 Å². The fourth-order valence-corrected chi connectivity index (χ4v) is 2.05. The Morgan fingerprint density at radius 3 is 2.50 bits per heavy atom. The molecule has 0 unspecified atom stereocenters. The fourth-order valence-electron chi connectivity index (χ4n) is 2.05. The maximum absolute atomic E-state index is 11.8. The minimum Gasteiger partial charge on any atom is -0.310 e. The van der Waals surface area contributed by atoms with Crippen LogP contribution in [0.15, 0.2) is 24.3 Å². The first-order valence-electron chi connectivity index (χ1n) is 6.96. The Kier molecular flexibility index (Phi) is 4.54. The van der Waals surface area contributed by atoms with Crippen LogP contribution in [-0.4, -0.2) is 18.9 Å². The molecule has 0 heterocycles. The highest BCUT2D eigenvalue weighted by Gasteiger charge is 2.20. The summed E-state index contributed by atoms with van der Waals surface area (Å²) in [4.78, 5) is 11.8. The van der Waals surface area contributed by atoms with Crippen LogP contribution in [0, 0.1) is 5.92 Å². The molecule has 98 valence electrons. The molecule has 1 N–H and O–H groups in total. The van der Waals surface area contributed by atoms with Gasteiger partial charge in [0.05, 0.1) is 6.54 Å². The third kappa shape index (κ3) is 4.26. The summed E-state index contributed by atoms with van der Waals surface area (Å²) in [5.41, 5.74) is 2.45. The van der Waals surface area contributed by atoms with Gasteiger partial charge in [0.1, 0.15) is 0 Å². The SMILES string of the molecule is CC(C)c1ccc(CC(=O)CNCC2CC2)cc1. The first-order chi connectivity index (χ1) is 8.65. The molecule has 1 aliphatic rings. The summed E-state index contributed by atoms with van der Waals surface area (Å²) in [5.74, 6) is 1.67. The molecule has 0 aliphatic heterocycles. The minimum absolute atomic E-state index is 0.285. The van der Waals surface area contributed by atoms with E-state index in [4.69, 9.17) is 0 Å². The van der Waals surface area contributed by atoms with Gasteiger partial charge in [-0.05, 0) is 42.3 Å². The molecule has 0 radical (unpaired) electrons. The minimum atomic E-state index is 0.285. The lowest BCUT2D eigenvalue weighted by atomic mass is 10.00. The number of nitrogens with one attached hydrogen (secondary N) is 1. The van der Waals surface area contributed by atoms with E-state index in [9.17, 15) is 4.79 Å². The van der Waals surface area contributed by atoms with Crippen LogP contribution in [-0.2, 0) is 11.2 Å². The maximum atomic E-state index is 11.8. The monoisotopic (exact) mass is 245 g/mol. The summed E-state index contributed by atoms with van der Waals surface area (Å²) in [6, 6.07) is 8.41. The molecule has 2 rings (SSSR count). The lowest BCUT2D eigenvalue weighted by Gasteiger charge is -2.07. The number of carbonyl (C=O) groups is 1. The lowest BCUT2D eigenvalue weighted by Crippen LogP contribution is -2.26. The standard InChI is InChI=1S/C16H23NO/c1-12(2)15-7-5-13(6-8-15)9-16(18)11-17-10-14-3-4-14/h5-8,12,14,17H,3-4,9-11H2,1-2H3. The molecule has 2 heteroatoms. The van der Waals surface area contributed by atoms with E-state index in [1.807, 2.05) is 0 Å². The number of hydrogen-bond donors (Lipinski definition) is 1. The fraction of sp³-hybridized carbons (Fsp3) is 0.562. The Labute approximate surface area is 110 Å². The highest BCUT2D eigenvalue weighted by Crippen LogP contribution is 2.27. The van der Waals surface area contributed by atoms with Crippen LogP contribution in [0.2, 0.25) is 0 Å². The zero-order valence-corrected chi connectivity index (χ0v) is 11.4. The average molecular weight is 245 g/mol.